The number of hydrogen-bond acceptors (Lipinski definition) is 7. The van der Waals surface area contributed by atoms with Crippen LogP contribution in [0.4, 0.5) is 19.0 Å². The highest BCUT2D eigenvalue weighted by molar-refractivity contribution is 5.86. The molecule has 4 aromatic rings. The standard InChI is InChI=1S/C29H36F3N7O2/c1-15(2)38(13-18-10-23(26(41)25(18)40)39-6-5-20-27(33)34-14-35-28(20)39)12-17-7-16(8-17)9-24-36-21-4-3-19(29(30,31)32)11-22(21)37-24/h3-6,11,14-18,23,25-26,40-41H,7-10,12-13H2,1-2H3,(H,36,37)(H2,33,34,35). The molecule has 5 N–H and O–H groups in total. The molecule has 2 aliphatic carbocycles. The fourth-order valence-electron chi connectivity index (χ4n) is 6.74. The van der Waals surface area contributed by atoms with Crippen molar-refractivity contribution in [2.24, 2.45) is 17.8 Å². The van der Waals surface area contributed by atoms with Crippen LogP contribution in [0.15, 0.2) is 36.8 Å². The third kappa shape index (κ3) is 5.40. The summed E-state index contributed by atoms with van der Waals surface area (Å²) in [5, 5.41) is 22.7. The number of halogens is 3. The van der Waals surface area contributed by atoms with Crippen LogP contribution in [0.1, 0.15) is 50.5 Å². The fraction of sp³-hybridized carbons (Fsp3) is 0.552. The monoisotopic (exact) mass is 571 g/mol. The number of fused-ring (bicyclic) bond motifs is 2. The van der Waals surface area contributed by atoms with Crippen molar-refractivity contribution in [3.8, 4) is 0 Å². The van der Waals surface area contributed by atoms with Gasteiger partial charge in [0.1, 0.15) is 29.7 Å². The Bertz CT molecular complexity index is 1530. The number of aliphatic hydroxyl groups is 2. The summed E-state index contributed by atoms with van der Waals surface area (Å²) >= 11 is 0. The summed E-state index contributed by atoms with van der Waals surface area (Å²) in [4.78, 5) is 18.4. The van der Waals surface area contributed by atoms with Crippen molar-refractivity contribution < 1.29 is 23.4 Å². The largest absolute Gasteiger partial charge is 0.416 e. The van der Waals surface area contributed by atoms with Crippen molar-refractivity contribution in [1.29, 1.82) is 0 Å². The van der Waals surface area contributed by atoms with E-state index >= 15 is 0 Å². The molecule has 9 nitrogen and oxygen atoms in total. The molecular weight excluding hydrogens is 535 g/mol. The zero-order valence-electron chi connectivity index (χ0n) is 23.1. The lowest BCUT2D eigenvalue weighted by atomic mass is 9.72. The fourth-order valence-corrected chi connectivity index (χ4v) is 6.74. The van der Waals surface area contributed by atoms with Gasteiger partial charge in [-0.2, -0.15) is 13.2 Å². The number of hydrogen-bond donors (Lipinski definition) is 4. The normalized spacial score (nSPS) is 27.0. The first-order chi connectivity index (χ1) is 19.5. The van der Waals surface area contributed by atoms with Crippen LogP contribution in [-0.2, 0) is 12.6 Å². The van der Waals surface area contributed by atoms with E-state index in [2.05, 4.69) is 38.7 Å². The zero-order chi connectivity index (χ0) is 29.1. The molecule has 0 radical (unpaired) electrons. The van der Waals surface area contributed by atoms with E-state index in [0.717, 1.165) is 42.7 Å². The van der Waals surface area contributed by atoms with Gasteiger partial charge in [0.15, 0.2) is 0 Å². The summed E-state index contributed by atoms with van der Waals surface area (Å²) in [6.45, 7) is 5.86. The summed E-state index contributed by atoms with van der Waals surface area (Å²) in [6.07, 6.45) is 0.487. The van der Waals surface area contributed by atoms with Gasteiger partial charge in [-0.05, 0) is 69.2 Å². The van der Waals surface area contributed by atoms with E-state index in [0.29, 0.717) is 53.7 Å². The van der Waals surface area contributed by atoms with Gasteiger partial charge in [0.25, 0.3) is 0 Å². The van der Waals surface area contributed by atoms with Crippen LogP contribution in [0.5, 0.6) is 0 Å². The first-order valence-electron chi connectivity index (χ1n) is 14.2. The van der Waals surface area contributed by atoms with Crippen molar-refractivity contribution >= 4 is 27.9 Å². The number of aromatic amines is 1. The number of benzene rings is 1. The first kappa shape index (κ1) is 27.9. The van der Waals surface area contributed by atoms with Crippen molar-refractivity contribution in [2.45, 2.75) is 70.0 Å². The number of anilines is 1. The predicted molar refractivity (Wildman–Crippen MR) is 149 cm³/mol. The van der Waals surface area contributed by atoms with Crippen LogP contribution in [0.25, 0.3) is 22.1 Å². The maximum absolute atomic E-state index is 13.0. The van der Waals surface area contributed by atoms with Crippen molar-refractivity contribution in [2.75, 3.05) is 18.8 Å². The number of imidazole rings is 1. The minimum atomic E-state index is -4.38. The average Bonchev–Trinajstić information content (AvgIpc) is 3.58. The first-order valence-corrected chi connectivity index (χ1v) is 14.2. The second-order valence-corrected chi connectivity index (χ2v) is 12.1. The van der Waals surface area contributed by atoms with Gasteiger partial charge in [0.05, 0.1) is 34.1 Å². The van der Waals surface area contributed by atoms with Gasteiger partial charge in [-0.15, -0.1) is 0 Å². The summed E-state index contributed by atoms with van der Waals surface area (Å²) in [6, 6.07) is 5.42. The van der Waals surface area contributed by atoms with Gasteiger partial charge in [0.2, 0.25) is 0 Å². The SMILES string of the molecule is CC(C)N(CC1CC(Cc2nc3ccc(C(F)(F)F)cc3[nH]2)C1)CC1CC(n2ccc3c(N)ncnc32)C(O)C1O. The second-order valence-electron chi connectivity index (χ2n) is 12.1. The Morgan fingerprint density at radius 1 is 1.07 bits per heavy atom. The van der Waals surface area contributed by atoms with E-state index in [1.54, 1.807) is 0 Å². The molecular formula is C29H36F3N7O2. The Balaban J connectivity index is 1.05. The Morgan fingerprint density at radius 3 is 2.59 bits per heavy atom. The van der Waals surface area contributed by atoms with Crippen LogP contribution in [-0.4, -0.2) is 71.0 Å². The lowest BCUT2D eigenvalue weighted by Gasteiger charge is -2.40. The Hall–Kier alpha value is -3.22. The number of aliphatic hydroxyl groups excluding tert-OH is 2. The van der Waals surface area contributed by atoms with Gasteiger partial charge in [-0.3, -0.25) is 0 Å². The highest BCUT2D eigenvalue weighted by Crippen LogP contribution is 2.40. The van der Waals surface area contributed by atoms with Gasteiger partial charge in [0, 0.05) is 37.7 Å². The molecule has 0 amide bonds. The van der Waals surface area contributed by atoms with E-state index in [-0.39, 0.29) is 18.0 Å². The molecule has 2 saturated carbocycles. The molecule has 2 aliphatic rings. The number of nitrogens with zero attached hydrogens (tertiary/aromatic N) is 5. The number of nitrogen functional groups attached to an aromatic ring is 1. The van der Waals surface area contributed by atoms with Crippen molar-refractivity contribution in [3.05, 3.63) is 48.2 Å². The molecule has 3 aromatic heterocycles. The highest BCUT2D eigenvalue weighted by Gasteiger charge is 2.44. The number of alkyl halides is 3. The third-order valence-corrected chi connectivity index (χ3v) is 9.03. The molecule has 0 spiro atoms. The molecule has 4 unspecified atom stereocenters. The minimum Gasteiger partial charge on any atom is -0.390 e. The van der Waals surface area contributed by atoms with Gasteiger partial charge >= 0.3 is 6.18 Å². The van der Waals surface area contributed by atoms with Crippen LogP contribution in [0, 0.1) is 17.8 Å². The zero-order valence-corrected chi connectivity index (χ0v) is 23.1. The highest BCUT2D eigenvalue weighted by atomic mass is 19.4. The molecule has 0 aliphatic heterocycles. The van der Waals surface area contributed by atoms with Gasteiger partial charge in [-0.1, -0.05) is 0 Å². The summed E-state index contributed by atoms with van der Waals surface area (Å²) in [5.41, 5.74) is 6.93. The molecule has 0 saturated heterocycles. The van der Waals surface area contributed by atoms with Crippen molar-refractivity contribution in [1.82, 2.24) is 29.4 Å². The summed E-state index contributed by atoms with van der Waals surface area (Å²) in [5.74, 6) is 1.94. The van der Waals surface area contributed by atoms with Crippen LogP contribution in [0.3, 0.4) is 0 Å². The van der Waals surface area contributed by atoms with E-state index < -0.39 is 23.9 Å². The van der Waals surface area contributed by atoms with E-state index in [4.69, 9.17) is 5.73 Å². The van der Waals surface area contributed by atoms with E-state index in [1.807, 2.05) is 16.8 Å². The molecule has 3 heterocycles. The second kappa shape index (κ2) is 10.6. The third-order valence-electron chi connectivity index (χ3n) is 9.03. The van der Waals surface area contributed by atoms with E-state index in [9.17, 15) is 23.4 Å². The predicted octanol–water partition coefficient (Wildman–Crippen LogP) is 4.17. The van der Waals surface area contributed by atoms with E-state index in [1.165, 1.54) is 12.4 Å². The van der Waals surface area contributed by atoms with Crippen LogP contribution in [0.2, 0.25) is 0 Å². The molecule has 12 heteroatoms. The maximum Gasteiger partial charge on any atom is 0.416 e. The number of aromatic nitrogens is 5. The molecule has 41 heavy (non-hydrogen) atoms. The number of nitrogens with two attached hydrogens (primary N) is 1. The number of H-pyrrole nitrogens is 1. The Morgan fingerprint density at radius 2 is 1.85 bits per heavy atom. The Labute approximate surface area is 235 Å². The molecule has 220 valence electrons. The quantitative estimate of drug-likeness (QED) is 0.250. The average molecular weight is 572 g/mol. The number of rotatable bonds is 8. The molecule has 1 aromatic carbocycles. The lowest BCUT2D eigenvalue weighted by molar-refractivity contribution is -0.137. The molecule has 0 bridgehead atoms. The molecule has 2 fully saturated rings. The molecule has 6 rings (SSSR count). The topological polar surface area (TPSA) is 129 Å². The maximum atomic E-state index is 13.0. The van der Waals surface area contributed by atoms with Crippen molar-refractivity contribution in [3.63, 3.8) is 0 Å². The lowest BCUT2D eigenvalue weighted by Crippen LogP contribution is -2.44. The summed E-state index contributed by atoms with van der Waals surface area (Å²) in [7, 11) is 0. The van der Waals surface area contributed by atoms with Crippen LogP contribution >= 0.6 is 0 Å². The van der Waals surface area contributed by atoms with Crippen LogP contribution < -0.4 is 5.73 Å². The molecule has 4 atom stereocenters. The minimum absolute atomic E-state index is 0.0953. The Kier molecular flexibility index (Phi) is 7.19. The summed E-state index contributed by atoms with van der Waals surface area (Å²) < 4.78 is 41.0. The van der Waals surface area contributed by atoms with Gasteiger partial charge in [-0.25, -0.2) is 15.0 Å². The number of nitrogens with one attached hydrogen (secondary N) is 1. The van der Waals surface area contributed by atoms with Gasteiger partial charge < -0.3 is 30.4 Å². The smallest absolute Gasteiger partial charge is 0.390 e.